The summed E-state index contributed by atoms with van der Waals surface area (Å²) in [5.74, 6) is 0.415. The van der Waals surface area contributed by atoms with Crippen molar-refractivity contribution >= 4 is 201 Å². The van der Waals surface area contributed by atoms with Gasteiger partial charge in [-0.3, -0.25) is 55.4 Å². The van der Waals surface area contributed by atoms with Crippen molar-refractivity contribution in [3.63, 3.8) is 0 Å². The molecular weight excluding hydrogens is 1890 g/mol. The normalized spacial score (nSPS) is 10.9. The van der Waals surface area contributed by atoms with Gasteiger partial charge in [0.25, 0.3) is 11.6 Å². The molecule has 720 valence electrons. The molecule has 0 aliphatic carbocycles. The number of aryl methyl sites for hydroxylation is 5. The van der Waals surface area contributed by atoms with E-state index in [1.165, 1.54) is 67.9 Å². The maximum absolute atomic E-state index is 14.0. The fraction of sp³-hybridized carbons (Fsp3) is 0.221. The summed E-state index contributed by atoms with van der Waals surface area (Å²) in [7, 11) is -0.301. The van der Waals surface area contributed by atoms with Crippen LogP contribution in [0.25, 0.3) is 55.6 Å². The maximum atomic E-state index is 14.0. The number of imidazole rings is 2. The fourth-order valence-corrected chi connectivity index (χ4v) is 12.9. The molecule has 13 aromatic rings. The number of amides is 3. The topological polar surface area (TPSA) is 545 Å². The number of aromatic hydroxyl groups is 1. The average molecular weight is 1990 g/mol. The molecule has 2 aromatic heterocycles. The number of carbonyl (C=O) groups is 5. The van der Waals surface area contributed by atoms with Crippen molar-refractivity contribution in [3.8, 4) is 28.5 Å². The third-order valence-electron chi connectivity index (χ3n) is 18.5. The second-order valence-electron chi connectivity index (χ2n) is 30.4. The molecule has 7 N–H and O–H groups in total. The minimum absolute atomic E-state index is 0.0270. The summed E-state index contributed by atoms with van der Waals surface area (Å²) in [5.41, 5.74) is 18.6. The number of aldehydes is 1. The SMILES string of the molecule is CC(C)(C)OC(=O)Nc1ccc(C=O)cc1.CCO.CCc1ccc([N+](=O)[O-])c(F)c1.CNc1ccccc1[N+](=O)[O-].Cc1ccc([N+](=O)[O-])c(F)c1.Cc1cccc2c(O)cc3c(c12)[C@H](CCl)CN3C(=O)c1ccc2c(c1)nc(-c1ccc(CC(=O)c3ccc(N)cc3)cc1)n2C.Cn1c(-c2ccc(NC(=O)OC(C)(C)C)cc2)nc2ccccc21.O=C=O.O=C=O.O=C=O.O=S(=O)=S(=O)=O.[Na][Na]. The van der Waals surface area contributed by atoms with Gasteiger partial charge >= 0.3 is 104 Å². The number of phenols is 1. The Hall–Kier alpha value is -14.5. The number of halogens is 3. The first kappa shape index (κ1) is 119. The van der Waals surface area contributed by atoms with E-state index in [2.05, 4.69) is 25.5 Å². The van der Waals surface area contributed by atoms with Crippen LogP contribution in [0.2, 0.25) is 0 Å². The number of nitrogen functional groups attached to an aromatic ring is 1. The Bertz CT molecular complexity index is 6760. The molecule has 0 unspecified atom stereocenters. The number of aliphatic hydroxyl groups is 1. The van der Waals surface area contributed by atoms with Gasteiger partial charge in [-0.1, -0.05) is 85.8 Å². The Morgan fingerprint density at radius 1 is 0.590 bits per heavy atom. The van der Waals surface area contributed by atoms with Gasteiger partial charge in [0.2, 0.25) is 11.6 Å². The summed E-state index contributed by atoms with van der Waals surface area (Å²) in [6.07, 6.45) is 1.49. The molecular formula is C95H95ClF2N12Na2O25S2. The van der Waals surface area contributed by atoms with E-state index in [9.17, 15) is 68.2 Å². The number of alkyl halides is 1. The van der Waals surface area contributed by atoms with Gasteiger partial charge in [0.05, 0.1) is 42.5 Å². The molecule has 14 rings (SSSR count). The van der Waals surface area contributed by atoms with E-state index in [4.69, 9.17) is 82.5 Å². The molecule has 0 radical (unpaired) electrons. The number of nitrogens with two attached hydrogens (primary N) is 1. The van der Waals surface area contributed by atoms with Crippen LogP contribution in [0, 0.1) is 55.8 Å². The Morgan fingerprint density at radius 3 is 1.48 bits per heavy atom. The summed E-state index contributed by atoms with van der Waals surface area (Å²) in [6, 6.07) is 64.2. The number of ketones is 1. The number of nitro benzene ring substituents is 3. The van der Waals surface area contributed by atoms with Gasteiger partial charge < -0.3 is 44.8 Å². The van der Waals surface area contributed by atoms with Gasteiger partial charge in [0.15, 0.2) is 5.78 Å². The number of fused-ring (bicyclic) bond motifs is 5. The zero-order valence-electron chi connectivity index (χ0n) is 77.9. The van der Waals surface area contributed by atoms with Crippen LogP contribution in [0.5, 0.6) is 5.75 Å². The standard InChI is InChI=1S/C37H31ClN4O3.C19H21N3O2.C12H15NO3.C8H8FNO2.C7H6FNO2.C7H8N2O2.C2H6O.3CO2.2Na.O4S2/c1-21-4-3-5-28-33(44)18-31-35(34(21)28)26(19-38)20-42(31)37(45)25-12-15-30-29(17-25)40-36(41(30)2)24-8-6-22(7-9-24)16-32(43)23-10-13-27(39)14-11-23;1-19(2,3)24-18(23)20-14-11-9-13(10-12-14)17-21-15-7-5-6-8-16(15)22(17)4;1-12(2,3)16-11(15)13-10-6-4-9(8-14)5-7-10;1-2-6-3-4-8(10(11)12)7(9)5-6;1-5-2-3-7(9(10)11)6(8)4-5;1-8-6-4-2-3-5-7(6)9(10)11;1-2-3;3*2-1-3;;;1-5(2)6(3)4/h3-15,17-18,26,44H,16,19-20,39H2,1-2H3;5-12H,1-4H3,(H,20,23);4-8H,1-3H3,(H,13,15);3-5H,2H2,1H3;2-4H,1H3;2-5,8H,1H3;3H,2H2,1H3;;;;;;/t26-;;;;;;;;;;;;/m1............/s1. The monoisotopic (exact) mass is 1990 g/mol. The number of anilines is 5. The van der Waals surface area contributed by atoms with Crippen molar-refractivity contribution in [2.45, 2.75) is 99.2 Å². The van der Waals surface area contributed by atoms with Crippen LogP contribution < -0.4 is 26.6 Å². The second-order valence-corrected chi connectivity index (χ2v) is 33.1. The number of nitrogens with one attached hydrogen (secondary N) is 3. The van der Waals surface area contributed by atoms with Crippen LogP contribution in [0.3, 0.4) is 0 Å². The van der Waals surface area contributed by atoms with Gasteiger partial charge in [-0.25, -0.2) is 19.6 Å². The Morgan fingerprint density at radius 2 is 1.04 bits per heavy atom. The first-order valence-electron chi connectivity index (χ1n) is 41.5. The van der Waals surface area contributed by atoms with Gasteiger partial charge in [-0.05, 0) is 223 Å². The molecule has 1 aliphatic heterocycles. The van der Waals surface area contributed by atoms with Gasteiger partial charge in [0.1, 0.15) is 40.6 Å². The molecule has 37 nitrogen and oxygen atoms in total. The number of ether oxygens (including phenoxy) is 2. The Labute approximate surface area is 831 Å². The number of nitrogens with zero attached hydrogens (tertiary/aromatic N) is 8. The van der Waals surface area contributed by atoms with Gasteiger partial charge in [-0.15, -0.1) is 11.6 Å². The third kappa shape index (κ3) is 38.2. The van der Waals surface area contributed by atoms with Crippen molar-refractivity contribution in [1.82, 2.24) is 19.1 Å². The first-order chi connectivity index (χ1) is 65.8. The van der Waals surface area contributed by atoms with Crippen LogP contribution in [-0.4, -0.2) is 190 Å². The number of benzene rings is 11. The molecule has 0 saturated heterocycles. The van der Waals surface area contributed by atoms with Crippen LogP contribution in [-0.2, 0) is 83.7 Å². The molecule has 3 amide bonds. The van der Waals surface area contributed by atoms with E-state index in [0.717, 1.165) is 90.8 Å². The molecule has 1 atom stereocenters. The molecule has 0 fully saturated rings. The summed E-state index contributed by atoms with van der Waals surface area (Å²) in [6.45, 7) is 18.8. The van der Waals surface area contributed by atoms with E-state index in [1.807, 2.05) is 162 Å². The number of rotatable bonds is 15. The quantitative estimate of drug-likeness (QED) is 0.0106. The van der Waals surface area contributed by atoms with E-state index in [0.29, 0.717) is 75.1 Å². The summed E-state index contributed by atoms with van der Waals surface area (Å²) in [4.78, 5) is 149. The summed E-state index contributed by atoms with van der Waals surface area (Å²) in [5, 5.41) is 58.9. The van der Waals surface area contributed by atoms with E-state index in [1.54, 1.807) is 125 Å². The number of Topliss-reactive ketones (excluding diaryl/α,β-unsaturated/α-hetero) is 1. The van der Waals surface area contributed by atoms with Gasteiger partial charge in [-0.2, -0.15) is 54.4 Å². The summed E-state index contributed by atoms with van der Waals surface area (Å²) < 4.78 is 76.2. The van der Waals surface area contributed by atoms with E-state index < -0.39 is 79.7 Å². The number of carbonyl (C=O) groups excluding carboxylic acids is 11. The zero-order valence-corrected chi connectivity index (χ0v) is 84.3. The summed E-state index contributed by atoms with van der Waals surface area (Å²) >= 11 is 9.32. The van der Waals surface area contributed by atoms with Crippen LogP contribution in [0.1, 0.15) is 120 Å². The van der Waals surface area contributed by atoms with Crippen molar-refractivity contribution in [2.24, 2.45) is 14.1 Å². The molecule has 0 bridgehead atoms. The van der Waals surface area contributed by atoms with Crippen LogP contribution >= 0.6 is 11.6 Å². The average Bonchev–Trinajstić information content (AvgIpc) is 1.59. The molecule has 44 heteroatoms. The predicted molar refractivity (Wildman–Crippen MR) is 518 cm³/mol. The van der Waals surface area contributed by atoms with E-state index >= 15 is 0 Å². The number of aromatic nitrogens is 4. The van der Waals surface area contributed by atoms with Crippen molar-refractivity contribution < 1.29 is 113 Å². The molecule has 1 aliphatic rings. The number of hydrogen-bond donors (Lipinski definition) is 6. The number of aliphatic hydroxyl groups excluding tert-OH is 1. The molecule has 3 heterocycles. The second kappa shape index (κ2) is 59.5. The first-order valence-corrected chi connectivity index (χ1v) is 52.7. The van der Waals surface area contributed by atoms with Crippen LogP contribution in [0.15, 0.2) is 224 Å². The fourth-order valence-electron chi connectivity index (χ4n) is 12.6. The Balaban J connectivity index is 0.000000447. The third-order valence-corrected chi connectivity index (χ3v) is 19.8. The number of hydrogen-bond acceptors (Lipinski definition) is 29. The number of phenolic OH excluding ortho intramolecular Hbond substituents is 1. The minimum atomic E-state index is -2.95. The van der Waals surface area contributed by atoms with Crippen molar-refractivity contribution in [1.29, 1.82) is 0 Å². The number of para-hydroxylation sites is 4. The number of nitro groups is 3. The van der Waals surface area contributed by atoms with Gasteiger partial charge in [0, 0.05) is 127 Å². The van der Waals surface area contributed by atoms with Crippen molar-refractivity contribution in [2.75, 3.05) is 52.7 Å². The zero-order chi connectivity index (χ0) is 105. The molecule has 0 spiro atoms. The molecule has 11 aromatic carbocycles. The predicted octanol–water partition coefficient (Wildman–Crippen LogP) is 17.0. The molecule has 0 saturated carbocycles. The van der Waals surface area contributed by atoms with Crippen LogP contribution in [0.4, 0.5) is 63.9 Å². The van der Waals surface area contributed by atoms with E-state index in [-0.39, 0.29) is 60.5 Å². The Kier molecular flexibility index (Phi) is 50.7. The van der Waals surface area contributed by atoms with Crippen molar-refractivity contribution in [3.05, 3.63) is 311 Å². The molecule has 139 heavy (non-hydrogen) atoms.